The number of nitrogens with one attached hydrogen (secondary N) is 1. The van der Waals surface area contributed by atoms with Gasteiger partial charge in [-0.1, -0.05) is 33.6 Å². The van der Waals surface area contributed by atoms with E-state index in [1.165, 1.54) is 12.1 Å². The Bertz CT molecular complexity index is 599. The first kappa shape index (κ1) is 15.4. The van der Waals surface area contributed by atoms with Crippen molar-refractivity contribution in [1.29, 1.82) is 0 Å². The molecule has 0 aliphatic heterocycles. The summed E-state index contributed by atoms with van der Waals surface area (Å²) in [5.41, 5.74) is 0.856. The van der Waals surface area contributed by atoms with E-state index >= 15 is 0 Å². The van der Waals surface area contributed by atoms with Gasteiger partial charge in [0.05, 0.1) is 0 Å². The van der Waals surface area contributed by atoms with E-state index in [4.69, 9.17) is 11.6 Å². The van der Waals surface area contributed by atoms with Gasteiger partial charge in [-0.2, -0.15) is 0 Å². The van der Waals surface area contributed by atoms with Crippen LogP contribution in [-0.4, -0.2) is 7.05 Å². The Balaban J connectivity index is 2.36. The molecular weight excluding hydrogens is 348 g/mol. The lowest BCUT2D eigenvalue weighted by molar-refractivity contribution is 0.520. The van der Waals surface area contributed by atoms with E-state index in [0.29, 0.717) is 22.6 Å². The third-order valence-corrected chi connectivity index (χ3v) is 3.95. The summed E-state index contributed by atoms with van der Waals surface area (Å²) >= 11 is 9.36. The quantitative estimate of drug-likeness (QED) is 0.819. The highest BCUT2D eigenvalue weighted by Crippen LogP contribution is 2.29. The van der Waals surface area contributed by atoms with Crippen molar-refractivity contribution in [3.63, 3.8) is 0 Å². The zero-order valence-corrected chi connectivity index (χ0v) is 13.1. The molecule has 0 aromatic heterocycles. The third kappa shape index (κ3) is 3.37. The number of likely N-dealkylation sites (N-methyl/N-ethyl adjacent to an activating group) is 1. The first-order valence-corrected chi connectivity index (χ1v) is 7.25. The van der Waals surface area contributed by atoms with Crippen molar-refractivity contribution in [2.45, 2.75) is 12.5 Å². The van der Waals surface area contributed by atoms with Crippen LogP contribution < -0.4 is 5.32 Å². The SMILES string of the molecule is CNC(Cc1cc(Br)ccc1F)c1c(F)cccc1Cl. The molecule has 0 aliphatic carbocycles. The van der Waals surface area contributed by atoms with Gasteiger partial charge in [-0.25, -0.2) is 8.78 Å². The fourth-order valence-electron chi connectivity index (χ4n) is 2.11. The third-order valence-electron chi connectivity index (χ3n) is 3.13. The first-order valence-electron chi connectivity index (χ1n) is 6.08. The first-order chi connectivity index (χ1) is 9.52. The molecule has 2 aromatic rings. The molecule has 0 saturated carbocycles. The van der Waals surface area contributed by atoms with E-state index in [0.717, 1.165) is 4.47 Å². The number of hydrogen-bond donors (Lipinski definition) is 1. The number of benzene rings is 2. The van der Waals surface area contributed by atoms with Crippen LogP contribution in [0.25, 0.3) is 0 Å². The van der Waals surface area contributed by atoms with Gasteiger partial charge in [0, 0.05) is 21.1 Å². The molecule has 1 nitrogen and oxygen atoms in total. The average molecular weight is 361 g/mol. The topological polar surface area (TPSA) is 12.0 Å². The second-order valence-corrected chi connectivity index (χ2v) is 5.74. The van der Waals surface area contributed by atoms with Crippen LogP contribution >= 0.6 is 27.5 Å². The molecule has 1 N–H and O–H groups in total. The molecule has 0 saturated heterocycles. The van der Waals surface area contributed by atoms with E-state index in [1.54, 1.807) is 31.3 Å². The van der Waals surface area contributed by atoms with Crippen molar-refractivity contribution in [3.05, 3.63) is 68.7 Å². The fraction of sp³-hybridized carbons (Fsp3) is 0.200. The molecular formula is C15H13BrClF2N. The molecule has 0 aliphatic rings. The van der Waals surface area contributed by atoms with E-state index in [2.05, 4.69) is 21.2 Å². The Morgan fingerprint density at radius 2 is 1.95 bits per heavy atom. The van der Waals surface area contributed by atoms with E-state index in [1.807, 2.05) is 0 Å². The van der Waals surface area contributed by atoms with Crippen LogP contribution in [0, 0.1) is 11.6 Å². The summed E-state index contributed by atoms with van der Waals surface area (Å²) in [4.78, 5) is 0. The molecule has 20 heavy (non-hydrogen) atoms. The van der Waals surface area contributed by atoms with Crippen molar-refractivity contribution in [2.75, 3.05) is 7.05 Å². The molecule has 1 unspecified atom stereocenters. The summed E-state index contributed by atoms with van der Waals surface area (Å²) < 4.78 is 28.5. The van der Waals surface area contributed by atoms with Crippen LogP contribution in [0.2, 0.25) is 5.02 Å². The van der Waals surface area contributed by atoms with E-state index in [-0.39, 0.29) is 5.82 Å². The minimum absolute atomic E-state index is 0.308. The van der Waals surface area contributed by atoms with Gasteiger partial charge in [-0.05, 0) is 49.4 Å². The lowest BCUT2D eigenvalue weighted by Gasteiger charge is -2.19. The highest BCUT2D eigenvalue weighted by molar-refractivity contribution is 9.10. The molecule has 0 radical (unpaired) electrons. The van der Waals surface area contributed by atoms with Crippen LogP contribution in [0.4, 0.5) is 8.78 Å². The Hall–Kier alpha value is -0.970. The van der Waals surface area contributed by atoms with Crippen LogP contribution in [0.5, 0.6) is 0 Å². The predicted molar refractivity (Wildman–Crippen MR) is 81.0 cm³/mol. The second-order valence-electron chi connectivity index (χ2n) is 4.42. The maximum atomic E-state index is 13.9. The second kappa shape index (κ2) is 6.66. The average Bonchev–Trinajstić information content (AvgIpc) is 2.41. The minimum Gasteiger partial charge on any atom is -0.313 e. The van der Waals surface area contributed by atoms with Gasteiger partial charge in [0.1, 0.15) is 11.6 Å². The maximum Gasteiger partial charge on any atom is 0.129 e. The Morgan fingerprint density at radius 3 is 2.60 bits per heavy atom. The van der Waals surface area contributed by atoms with Gasteiger partial charge in [-0.15, -0.1) is 0 Å². The Morgan fingerprint density at radius 1 is 1.20 bits per heavy atom. The monoisotopic (exact) mass is 359 g/mol. The predicted octanol–water partition coefficient (Wildman–Crippen LogP) is 4.88. The van der Waals surface area contributed by atoms with Gasteiger partial charge < -0.3 is 5.32 Å². The maximum absolute atomic E-state index is 13.9. The van der Waals surface area contributed by atoms with Gasteiger partial charge >= 0.3 is 0 Å². The van der Waals surface area contributed by atoms with Crippen LogP contribution in [0.15, 0.2) is 40.9 Å². The smallest absolute Gasteiger partial charge is 0.129 e. The van der Waals surface area contributed by atoms with Crippen molar-refractivity contribution < 1.29 is 8.78 Å². The molecule has 106 valence electrons. The molecule has 0 spiro atoms. The zero-order valence-electron chi connectivity index (χ0n) is 10.8. The molecule has 1 atom stereocenters. The van der Waals surface area contributed by atoms with Gasteiger partial charge in [0.2, 0.25) is 0 Å². The van der Waals surface area contributed by atoms with Gasteiger partial charge in [0.15, 0.2) is 0 Å². The highest BCUT2D eigenvalue weighted by Gasteiger charge is 2.19. The number of hydrogen-bond acceptors (Lipinski definition) is 1. The standard InChI is InChI=1S/C15H13BrClF2N/c1-20-14(15-11(17)3-2-4-13(15)19)8-9-7-10(16)5-6-12(9)18/h2-7,14,20H,8H2,1H3. The number of halogens is 4. The summed E-state index contributed by atoms with van der Waals surface area (Å²) in [5, 5.41) is 3.32. The van der Waals surface area contributed by atoms with Gasteiger partial charge in [-0.3, -0.25) is 0 Å². The van der Waals surface area contributed by atoms with Crippen molar-refractivity contribution in [1.82, 2.24) is 5.32 Å². The Labute approximate surface area is 130 Å². The van der Waals surface area contributed by atoms with Crippen molar-refractivity contribution in [3.8, 4) is 0 Å². The summed E-state index contributed by atoms with van der Waals surface area (Å²) in [6.45, 7) is 0. The summed E-state index contributed by atoms with van der Waals surface area (Å²) in [7, 11) is 1.70. The largest absolute Gasteiger partial charge is 0.313 e. The Kier molecular flexibility index (Phi) is 5.13. The van der Waals surface area contributed by atoms with E-state index in [9.17, 15) is 8.78 Å². The van der Waals surface area contributed by atoms with E-state index < -0.39 is 11.9 Å². The van der Waals surface area contributed by atoms with Crippen LogP contribution in [-0.2, 0) is 6.42 Å². The molecule has 2 rings (SSSR count). The van der Waals surface area contributed by atoms with Gasteiger partial charge in [0.25, 0.3) is 0 Å². The molecule has 0 amide bonds. The molecule has 0 fully saturated rings. The molecule has 2 aromatic carbocycles. The zero-order chi connectivity index (χ0) is 14.7. The lowest BCUT2D eigenvalue weighted by atomic mass is 9.98. The minimum atomic E-state index is -0.396. The molecule has 5 heteroatoms. The van der Waals surface area contributed by atoms with Crippen LogP contribution in [0.1, 0.15) is 17.2 Å². The van der Waals surface area contributed by atoms with Crippen molar-refractivity contribution in [2.24, 2.45) is 0 Å². The molecule has 0 bridgehead atoms. The molecule has 0 heterocycles. The lowest BCUT2D eigenvalue weighted by Crippen LogP contribution is -2.21. The van der Waals surface area contributed by atoms with Crippen LogP contribution in [0.3, 0.4) is 0 Å². The number of rotatable bonds is 4. The summed E-state index contributed by atoms with van der Waals surface area (Å²) in [5.74, 6) is -0.715. The summed E-state index contributed by atoms with van der Waals surface area (Å²) in [6, 6.07) is 8.83. The summed E-state index contributed by atoms with van der Waals surface area (Å²) in [6.07, 6.45) is 0.308. The fourth-order valence-corrected chi connectivity index (χ4v) is 2.81. The normalized spacial score (nSPS) is 12.4. The van der Waals surface area contributed by atoms with Crippen molar-refractivity contribution >= 4 is 27.5 Å². The highest BCUT2D eigenvalue weighted by atomic mass is 79.9.